The molecular formula is C22H35N5O3S2. The van der Waals surface area contributed by atoms with Crippen LogP contribution in [0.1, 0.15) is 48.0 Å². The highest BCUT2D eigenvalue weighted by molar-refractivity contribution is 7.99. The molecule has 0 aliphatic heterocycles. The fourth-order valence-electron chi connectivity index (χ4n) is 3.20. The molecule has 0 fully saturated rings. The van der Waals surface area contributed by atoms with Crippen molar-refractivity contribution >= 4 is 27.7 Å². The van der Waals surface area contributed by atoms with Gasteiger partial charge in [0.05, 0.1) is 10.6 Å². The third-order valence-corrected chi connectivity index (χ3v) is 8.06. The molecule has 178 valence electrons. The summed E-state index contributed by atoms with van der Waals surface area (Å²) < 4.78 is 29.3. The van der Waals surface area contributed by atoms with Gasteiger partial charge in [-0.1, -0.05) is 58.5 Å². The Morgan fingerprint density at radius 1 is 1.16 bits per heavy atom. The second-order valence-corrected chi connectivity index (χ2v) is 11.0. The van der Waals surface area contributed by atoms with E-state index in [1.807, 2.05) is 38.3 Å². The summed E-state index contributed by atoms with van der Waals surface area (Å²) in [4.78, 5) is 12.4. The second-order valence-electron chi connectivity index (χ2n) is 8.09. The van der Waals surface area contributed by atoms with Crippen molar-refractivity contribution < 1.29 is 13.2 Å². The smallest absolute Gasteiger partial charge is 0.243 e. The Morgan fingerprint density at radius 2 is 1.84 bits per heavy atom. The van der Waals surface area contributed by atoms with Crippen LogP contribution in [0.2, 0.25) is 0 Å². The zero-order valence-corrected chi connectivity index (χ0v) is 21.5. The standard InChI is InChI=1S/C22H35N5O3S2/c1-7-17(6)23-20(28)15-31-22-25-24-21(27(22)14-16(4)5)18-11-10-12-19(13-18)32(29,30)26(8-2)9-3/h10-13,16-17H,7-9,14-15H2,1-6H3,(H,23,28). The Kier molecular flexibility index (Phi) is 9.72. The molecule has 1 aromatic carbocycles. The number of benzene rings is 1. The van der Waals surface area contributed by atoms with Crippen LogP contribution in [0.5, 0.6) is 0 Å². The van der Waals surface area contributed by atoms with Gasteiger partial charge in [-0.15, -0.1) is 10.2 Å². The van der Waals surface area contributed by atoms with Crippen molar-refractivity contribution in [1.29, 1.82) is 0 Å². The minimum Gasteiger partial charge on any atom is -0.353 e. The summed E-state index contributed by atoms with van der Waals surface area (Å²) in [7, 11) is -3.58. The highest BCUT2D eigenvalue weighted by Gasteiger charge is 2.23. The Bertz CT molecular complexity index is 1000. The van der Waals surface area contributed by atoms with Crippen LogP contribution in [0.15, 0.2) is 34.3 Å². The maximum atomic E-state index is 13.0. The van der Waals surface area contributed by atoms with E-state index in [0.29, 0.717) is 42.1 Å². The van der Waals surface area contributed by atoms with E-state index < -0.39 is 10.0 Å². The first-order valence-electron chi connectivity index (χ1n) is 11.1. The quantitative estimate of drug-likeness (QED) is 0.465. The average Bonchev–Trinajstić information content (AvgIpc) is 3.14. The molecule has 0 aliphatic rings. The van der Waals surface area contributed by atoms with Crippen molar-refractivity contribution in [2.24, 2.45) is 5.92 Å². The van der Waals surface area contributed by atoms with Gasteiger partial charge in [-0.2, -0.15) is 4.31 Å². The van der Waals surface area contributed by atoms with Crippen molar-refractivity contribution in [3.8, 4) is 11.4 Å². The molecule has 1 unspecified atom stereocenters. The fourth-order valence-corrected chi connectivity index (χ4v) is 5.46. The summed E-state index contributed by atoms with van der Waals surface area (Å²) in [6.45, 7) is 13.3. The molecule has 1 N–H and O–H groups in total. The molecule has 1 atom stereocenters. The highest BCUT2D eigenvalue weighted by atomic mass is 32.2. The van der Waals surface area contributed by atoms with Gasteiger partial charge >= 0.3 is 0 Å². The van der Waals surface area contributed by atoms with Gasteiger partial charge in [-0.25, -0.2) is 8.42 Å². The van der Waals surface area contributed by atoms with E-state index in [9.17, 15) is 13.2 Å². The number of nitrogens with one attached hydrogen (secondary N) is 1. The average molecular weight is 482 g/mol. The van der Waals surface area contributed by atoms with Crippen LogP contribution in [0.3, 0.4) is 0 Å². The lowest BCUT2D eigenvalue weighted by atomic mass is 10.2. The molecule has 8 nitrogen and oxygen atoms in total. The predicted molar refractivity (Wildman–Crippen MR) is 129 cm³/mol. The minimum absolute atomic E-state index is 0.0442. The van der Waals surface area contributed by atoms with Crippen LogP contribution < -0.4 is 5.32 Å². The molecule has 1 heterocycles. The second kappa shape index (κ2) is 11.8. The number of carbonyl (C=O) groups excluding carboxylic acids is 1. The van der Waals surface area contributed by atoms with Crippen molar-refractivity contribution in [1.82, 2.24) is 24.4 Å². The number of rotatable bonds is 12. The summed E-state index contributed by atoms with van der Waals surface area (Å²) >= 11 is 1.34. The maximum Gasteiger partial charge on any atom is 0.243 e. The van der Waals surface area contributed by atoms with Crippen molar-refractivity contribution in [3.05, 3.63) is 24.3 Å². The van der Waals surface area contributed by atoms with Gasteiger partial charge in [-0.3, -0.25) is 4.79 Å². The normalized spacial score (nSPS) is 13.0. The summed E-state index contributed by atoms with van der Waals surface area (Å²) in [6, 6.07) is 6.95. The van der Waals surface area contributed by atoms with Crippen molar-refractivity contribution in [3.63, 3.8) is 0 Å². The lowest BCUT2D eigenvalue weighted by Crippen LogP contribution is -2.33. The van der Waals surface area contributed by atoms with Gasteiger partial charge in [0.1, 0.15) is 0 Å². The zero-order valence-electron chi connectivity index (χ0n) is 19.8. The van der Waals surface area contributed by atoms with E-state index in [1.54, 1.807) is 18.2 Å². The first kappa shape index (κ1) is 26.3. The van der Waals surface area contributed by atoms with Gasteiger partial charge in [0.2, 0.25) is 15.9 Å². The summed E-state index contributed by atoms with van der Waals surface area (Å²) in [5.74, 6) is 1.12. The molecule has 0 saturated heterocycles. The Balaban J connectivity index is 2.37. The van der Waals surface area contributed by atoms with Crippen LogP contribution in [0.4, 0.5) is 0 Å². The molecule has 10 heteroatoms. The van der Waals surface area contributed by atoms with E-state index in [0.717, 1.165) is 6.42 Å². The monoisotopic (exact) mass is 481 g/mol. The van der Waals surface area contributed by atoms with Crippen LogP contribution in [-0.2, 0) is 21.4 Å². The number of nitrogens with zero attached hydrogens (tertiary/aromatic N) is 4. The van der Waals surface area contributed by atoms with Gasteiger partial charge in [0.15, 0.2) is 11.0 Å². The largest absolute Gasteiger partial charge is 0.353 e. The molecule has 2 rings (SSSR count). The number of aromatic nitrogens is 3. The van der Waals surface area contributed by atoms with E-state index in [2.05, 4.69) is 29.4 Å². The van der Waals surface area contributed by atoms with Crippen molar-refractivity contribution in [2.75, 3.05) is 18.8 Å². The zero-order chi connectivity index (χ0) is 23.9. The molecule has 32 heavy (non-hydrogen) atoms. The predicted octanol–water partition coefficient (Wildman–Crippen LogP) is 3.64. The van der Waals surface area contributed by atoms with E-state index >= 15 is 0 Å². The molecular weight excluding hydrogens is 446 g/mol. The molecule has 0 aliphatic carbocycles. The number of amides is 1. The lowest BCUT2D eigenvalue weighted by molar-refractivity contribution is -0.119. The van der Waals surface area contributed by atoms with Crippen LogP contribution in [0.25, 0.3) is 11.4 Å². The number of hydrogen-bond donors (Lipinski definition) is 1. The third kappa shape index (κ3) is 6.55. The molecule has 0 saturated carbocycles. The Morgan fingerprint density at radius 3 is 2.44 bits per heavy atom. The van der Waals surface area contributed by atoms with E-state index in [1.165, 1.54) is 16.1 Å². The Labute approximate surface area is 196 Å². The Hall–Kier alpha value is -1.91. The van der Waals surface area contributed by atoms with Gasteiger partial charge < -0.3 is 9.88 Å². The number of sulfonamides is 1. The SMILES string of the molecule is CCC(C)NC(=O)CSc1nnc(-c2cccc(S(=O)(=O)N(CC)CC)c2)n1CC(C)C. The molecule has 0 spiro atoms. The molecule has 2 aromatic rings. The maximum absolute atomic E-state index is 13.0. The van der Waals surface area contributed by atoms with Gasteiger partial charge in [-0.05, 0) is 31.4 Å². The summed E-state index contributed by atoms with van der Waals surface area (Å²) in [5, 5.41) is 12.3. The highest BCUT2D eigenvalue weighted by Crippen LogP contribution is 2.27. The summed E-state index contributed by atoms with van der Waals surface area (Å²) in [6.07, 6.45) is 0.872. The van der Waals surface area contributed by atoms with Gasteiger partial charge in [0, 0.05) is 31.2 Å². The van der Waals surface area contributed by atoms with Crippen LogP contribution in [-0.4, -0.2) is 58.3 Å². The van der Waals surface area contributed by atoms with Crippen LogP contribution >= 0.6 is 11.8 Å². The van der Waals surface area contributed by atoms with Gasteiger partial charge in [0.25, 0.3) is 0 Å². The lowest BCUT2D eigenvalue weighted by Gasteiger charge is -2.19. The molecule has 1 aromatic heterocycles. The van der Waals surface area contributed by atoms with Crippen molar-refractivity contribution in [2.45, 2.75) is 70.6 Å². The fraction of sp³-hybridized carbons (Fsp3) is 0.591. The molecule has 0 bridgehead atoms. The first-order valence-corrected chi connectivity index (χ1v) is 13.5. The topological polar surface area (TPSA) is 97.2 Å². The summed E-state index contributed by atoms with van der Waals surface area (Å²) in [5.41, 5.74) is 0.683. The number of thioether (sulfide) groups is 1. The molecule has 0 radical (unpaired) electrons. The first-order chi connectivity index (χ1) is 15.1. The van der Waals surface area contributed by atoms with Crippen LogP contribution in [0, 0.1) is 5.92 Å². The third-order valence-electron chi connectivity index (χ3n) is 5.05. The van der Waals surface area contributed by atoms with E-state index in [-0.39, 0.29) is 22.6 Å². The van der Waals surface area contributed by atoms with E-state index in [4.69, 9.17) is 0 Å². The molecule has 1 amide bonds. The number of hydrogen-bond acceptors (Lipinski definition) is 6. The number of carbonyl (C=O) groups is 1. The minimum atomic E-state index is -3.58.